The Hall–Kier alpha value is -2.08. The van der Waals surface area contributed by atoms with Crippen molar-refractivity contribution in [2.45, 2.75) is 26.4 Å². The van der Waals surface area contributed by atoms with Gasteiger partial charge in [-0.1, -0.05) is 60.5 Å². The third kappa shape index (κ3) is 7.50. The van der Waals surface area contributed by atoms with Gasteiger partial charge in [0, 0.05) is 11.6 Å². The van der Waals surface area contributed by atoms with Gasteiger partial charge in [-0.15, -0.1) is 0 Å². The van der Waals surface area contributed by atoms with Gasteiger partial charge < -0.3 is 15.0 Å². The van der Waals surface area contributed by atoms with E-state index in [0.29, 0.717) is 35.5 Å². The third-order valence-electron chi connectivity index (χ3n) is 3.96. The van der Waals surface area contributed by atoms with E-state index in [2.05, 4.69) is 5.32 Å². The Kier molecular flexibility index (Phi) is 9.28. The van der Waals surface area contributed by atoms with Crippen LogP contribution in [0.15, 0.2) is 48.5 Å². The fourth-order valence-electron chi connectivity index (χ4n) is 2.60. The Labute approximate surface area is 175 Å². The molecule has 2 aromatic rings. The minimum Gasteiger partial charge on any atom is -0.376 e. The first-order chi connectivity index (χ1) is 13.5. The van der Waals surface area contributed by atoms with Crippen LogP contribution in [0.1, 0.15) is 25.3 Å². The lowest BCUT2D eigenvalue weighted by molar-refractivity contribution is -0.135. The molecular formula is C21H24Cl2N2O3. The highest BCUT2D eigenvalue weighted by Crippen LogP contribution is 2.25. The van der Waals surface area contributed by atoms with Gasteiger partial charge in [0.25, 0.3) is 0 Å². The molecule has 0 saturated heterocycles. The number of hydrogen-bond donors (Lipinski definition) is 1. The van der Waals surface area contributed by atoms with Crippen molar-refractivity contribution in [3.63, 3.8) is 0 Å². The van der Waals surface area contributed by atoms with E-state index in [0.717, 1.165) is 12.0 Å². The topological polar surface area (TPSA) is 58.6 Å². The van der Waals surface area contributed by atoms with E-state index in [1.807, 2.05) is 37.3 Å². The molecule has 2 rings (SSSR count). The van der Waals surface area contributed by atoms with Crippen molar-refractivity contribution in [2.24, 2.45) is 0 Å². The Morgan fingerprint density at radius 1 is 1.11 bits per heavy atom. The summed E-state index contributed by atoms with van der Waals surface area (Å²) in [6, 6.07) is 14.6. The molecule has 7 heteroatoms. The van der Waals surface area contributed by atoms with Crippen LogP contribution < -0.4 is 5.32 Å². The molecule has 0 unspecified atom stereocenters. The monoisotopic (exact) mass is 422 g/mol. The van der Waals surface area contributed by atoms with Crippen LogP contribution in [0.3, 0.4) is 0 Å². The molecule has 2 amide bonds. The fraction of sp³-hybridized carbons (Fsp3) is 0.333. The Morgan fingerprint density at radius 2 is 1.86 bits per heavy atom. The number of rotatable bonds is 10. The number of benzene rings is 2. The zero-order valence-corrected chi connectivity index (χ0v) is 17.3. The number of halogens is 2. The van der Waals surface area contributed by atoms with Crippen LogP contribution >= 0.6 is 23.2 Å². The minimum absolute atomic E-state index is 0.0474. The van der Waals surface area contributed by atoms with E-state index in [4.69, 9.17) is 27.9 Å². The first-order valence-corrected chi connectivity index (χ1v) is 9.89. The van der Waals surface area contributed by atoms with Crippen molar-refractivity contribution in [1.82, 2.24) is 4.90 Å². The van der Waals surface area contributed by atoms with Gasteiger partial charge in [-0.3, -0.25) is 9.59 Å². The molecule has 0 aromatic heterocycles. The van der Waals surface area contributed by atoms with Crippen LogP contribution in [0.5, 0.6) is 0 Å². The molecule has 0 fully saturated rings. The number of nitrogens with zero attached hydrogens (tertiary/aromatic N) is 1. The lowest BCUT2D eigenvalue weighted by atomic mass is 10.2. The van der Waals surface area contributed by atoms with E-state index in [1.165, 1.54) is 4.90 Å². The number of anilines is 1. The third-order valence-corrected chi connectivity index (χ3v) is 4.52. The van der Waals surface area contributed by atoms with Crippen molar-refractivity contribution < 1.29 is 14.3 Å². The molecule has 0 bridgehead atoms. The SMILES string of the molecule is CCCN(CC(=O)Nc1cc(Cl)ccc1Cl)C(=O)CCOCc1ccccc1. The molecule has 0 aliphatic carbocycles. The predicted octanol–water partition coefficient (Wildman–Crippen LogP) is 4.78. The van der Waals surface area contributed by atoms with Crippen molar-refractivity contribution in [1.29, 1.82) is 0 Å². The normalized spacial score (nSPS) is 10.5. The first kappa shape index (κ1) is 22.2. The van der Waals surface area contributed by atoms with Crippen molar-refractivity contribution in [2.75, 3.05) is 25.0 Å². The number of carbonyl (C=O) groups excluding carboxylic acids is 2. The molecule has 0 radical (unpaired) electrons. The van der Waals surface area contributed by atoms with Gasteiger partial charge in [-0.05, 0) is 30.2 Å². The Bertz CT molecular complexity index is 784. The Balaban J connectivity index is 1.82. The molecule has 0 spiro atoms. The molecule has 0 aliphatic heterocycles. The summed E-state index contributed by atoms with van der Waals surface area (Å²) < 4.78 is 5.57. The summed E-state index contributed by atoms with van der Waals surface area (Å²) in [4.78, 5) is 26.3. The summed E-state index contributed by atoms with van der Waals surface area (Å²) in [6.45, 7) is 3.16. The van der Waals surface area contributed by atoms with E-state index >= 15 is 0 Å². The number of carbonyl (C=O) groups is 2. The molecule has 150 valence electrons. The molecule has 0 saturated carbocycles. The average Bonchev–Trinajstić information content (AvgIpc) is 2.68. The van der Waals surface area contributed by atoms with Crippen molar-refractivity contribution >= 4 is 40.7 Å². The lowest BCUT2D eigenvalue weighted by Crippen LogP contribution is -2.39. The Morgan fingerprint density at radius 3 is 2.57 bits per heavy atom. The predicted molar refractivity (Wildman–Crippen MR) is 113 cm³/mol. The molecular weight excluding hydrogens is 399 g/mol. The number of nitrogens with one attached hydrogen (secondary N) is 1. The highest BCUT2D eigenvalue weighted by molar-refractivity contribution is 6.35. The van der Waals surface area contributed by atoms with E-state index in [9.17, 15) is 9.59 Å². The maximum absolute atomic E-state index is 12.5. The smallest absolute Gasteiger partial charge is 0.244 e. The van der Waals surface area contributed by atoms with Gasteiger partial charge in [0.15, 0.2) is 0 Å². The van der Waals surface area contributed by atoms with Gasteiger partial charge in [-0.2, -0.15) is 0 Å². The molecule has 0 heterocycles. The van der Waals surface area contributed by atoms with Gasteiger partial charge in [0.2, 0.25) is 11.8 Å². The lowest BCUT2D eigenvalue weighted by Gasteiger charge is -2.22. The molecule has 0 atom stereocenters. The van der Waals surface area contributed by atoms with Crippen molar-refractivity contribution in [3.05, 3.63) is 64.1 Å². The molecule has 1 N–H and O–H groups in total. The highest BCUT2D eigenvalue weighted by atomic mass is 35.5. The maximum Gasteiger partial charge on any atom is 0.244 e. The standard InChI is InChI=1S/C21H24Cl2N2O3/c1-2-11-25(14-20(26)24-19-13-17(22)8-9-18(19)23)21(27)10-12-28-15-16-6-4-3-5-7-16/h3-9,13H,2,10-12,14-15H2,1H3,(H,24,26). The second-order valence-electron chi connectivity index (χ2n) is 6.28. The number of amides is 2. The van der Waals surface area contributed by atoms with Crippen LogP contribution in [-0.2, 0) is 20.9 Å². The number of ether oxygens (including phenoxy) is 1. The summed E-state index contributed by atoms with van der Waals surface area (Å²) in [5.41, 5.74) is 1.48. The van der Waals surface area contributed by atoms with E-state index < -0.39 is 0 Å². The molecule has 5 nitrogen and oxygen atoms in total. The molecule has 28 heavy (non-hydrogen) atoms. The average molecular weight is 423 g/mol. The van der Waals surface area contributed by atoms with E-state index in [-0.39, 0.29) is 24.8 Å². The van der Waals surface area contributed by atoms with Gasteiger partial charge in [0.05, 0.1) is 36.9 Å². The van der Waals surface area contributed by atoms with Crippen LogP contribution in [0.25, 0.3) is 0 Å². The maximum atomic E-state index is 12.5. The second-order valence-corrected chi connectivity index (χ2v) is 7.12. The zero-order valence-electron chi connectivity index (χ0n) is 15.8. The first-order valence-electron chi connectivity index (χ1n) is 9.14. The van der Waals surface area contributed by atoms with E-state index in [1.54, 1.807) is 18.2 Å². The molecule has 2 aromatic carbocycles. The molecule has 0 aliphatic rings. The quantitative estimate of drug-likeness (QED) is 0.560. The van der Waals surface area contributed by atoms with Gasteiger partial charge in [-0.25, -0.2) is 0 Å². The largest absolute Gasteiger partial charge is 0.376 e. The second kappa shape index (κ2) is 11.7. The van der Waals surface area contributed by atoms with Crippen LogP contribution in [0.2, 0.25) is 10.0 Å². The van der Waals surface area contributed by atoms with Crippen LogP contribution in [0, 0.1) is 0 Å². The summed E-state index contributed by atoms with van der Waals surface area (Å²) in [5.74, 6) is -0.446. The number of hydrogen-bond acceptors (Lipinski definition) is 3. The van der Waals surface area contributed by atoms with Gasteiger partial charge >= 0.3 is 0 Å². The highest BCUT2D eigenvalue weighted by Gasteiger charge is 2.17. The fourth-order valence-corrected chi connectivity index (χ4v) is 2.94. The summed E-state index contributed by atoms with van der Waals surface area (Å²) in [5, 5.41) is 3.56. The van der Waals surface area contributed by atoms with Crippen LogP contribution in [0.4, 0.5) is 5.69 Å². The minimum atomic E-state index is -0.323. The van der Waals surface area contributed by atoms with Crippen molar-refractivity contribution in [3.8, 4) is 0 Å². The summed E-state index contributed by atoms with van der Waals surface area (Å²) >= 11 is 12.0. The zero-order chi connectivity index (χ0) is 20.4. The van der Waals surface area contributed by atoms with Crippen LogP contribution in [-0.4, -0.2) is 36.4 Å². The summed E-state index contributed by atoms with van der Waals surface area (Å²) in [6.07, 6.45) is 0.972. The van der Waals surface area contributed by atoms with Gasteiger partial charge in [0.1, 0.15) is 0 Å². The summed E-state index contributed by atoms with van der Waals surface area (Å²) in [7, 11) is 0.